The van der Waals surface area contributed by atoms with Gasteiger partial charge in [0.2, 0.25) is 0 Å². The molecule has 1 aliphatic rings. The third kappa shape index (κ3) is 4.08. The molecule has 0 radical (unpaired) electrons. The lowest BCUT2D eigenvalue weighted by molar-refractivity contribution is 0.289. The second-order valence-electron chi connectivity index (χ2n) is 5.85. The first-order valence-corrected chi connectivity index (χ1v) is 8.41. The third-order valence-corrected chi connectivity index (χ3v) is 4.84. The smallest absolute Gasteiger partial charge is 0.251 e. The van der Waals surface area contributed by atoms with E-state index in [2.05, 4.69) is 35.2 Å². The van der Waals surface area contributed by atoms with Crippen molar-refractivity contribution in [3.63, 3.8) is 0 Å². The van der Waals surface area contributed by atoms with Crippen LogP contribution >= 0.6 is 11.8 Å². The van der Waals surface area contributed by atoms with E-state index in [-0.39, 0.29) is 11.1 Å². The van der Waals surface area contributed by atoms with Gasteiger partial charge in [0.05, 0.1) is 6.07 Å². The maximum Gasteiger partial charge on any atom is 0.251 e. The van der Waals surface area contributed by atoms with Gasteiger partial charge in [-0.2, -0.15) is 5.26 Å². The average molecular weight is 306 g/mol. The highest BCUT2D eigenvalue weighted by atomic mass is 32.2. The highest BCUT2D eigenvalue weighted by Crippen LogP contribution is 2.38. The van der Waals surface area contributed by atoms with Crippen molar-refractivity contribution in [1.82, 2.24) is 15.3 Å². The summed E-state index contributed by atoms with van der Waals surface area (Å²) in [5, 5.41) is 13.7. The lowest BCUT2D eigenvalue weighted by Gasteiger charge is -2.32. The number of nitriles is 1. The van der Waals surface area contributed by atoms with Crippen LogP contribution in [0.25, 0.3) is 0 Å². The largest absolute Gasteiger partial charge is 0.301 e. The Kier molecular flexibility index (Phi) is 5.43. The molecule has 0 saturated heterocycles. The number of rotatable bonds is 6. The first kappa shape index (κ1) is 16.1. The molecular weight excluding hydrogens is 284 g/mol. The number of nitrogens with zero attached hydrogens (tertiary/aromatic N) is 2. The van der Waals surface area contributed by atoms with Crippen LogP contribution in [0.15, 0.2) is 22.2 Å². The number of aromatic amines is 1. The predicted octanol–water partition coefficient (Wildman–Crippen LogP) is 2.31. The van der Waals surface area contributed by atoms with Crippen LogP contribution in [0.3, 0.4) is 0 Å². The minimum atomic E-state index is -0.383. The van der Waals surface area contributed by atoms with Crippen LogP contribution in [0.2, 0.25) is 0 Å². The molecule has 6 heteroatoms. The molecule has 114 valence electrons. The molecule has 1 heterocycles. The lowest BCUT2D eigenvalue weighted by Crippen LogP contribution is -2.50. The lowest BCUT2D eigenvalue weighted by atomic mass is 9.86. The third-order valence-electron chi connectivity index (χ3n) is 3.92. The molecule has 2 atom stereocenters. The fraction of sp³-hybridized carbons (Fsp3) is 0.667. The highest BCUT2D eigenvalue weighted by Gasteiger charge is 2.42. The Balaban J connectivity index is 1.92. The molecule has 2 rings (SSSR count). The Morgan fingerprint density at radius 3 is 3.14 bits per heavy atom. The van der Waals surface area contributed by atoms with Crippen LogP contribution in [-0.4, -0.2) is 27.3 Å². The van der Waals surface area contributed by atoms with Crippen molar-refractivity contribution in [2.24, 2.45) is 5.92 Å². The predicted molar refractivity (Wildman–Crippen MR) is 84.2 cm³/mol. The molecule has 21 heavy (non-hydrogen) atoms. The van der Waals surface area contributed by atoms with E-state index in [0.717, 1.165) is 31.4 Å². The summed E-state index contributed by atoms with van der Waals surface area (Å²) in [6.07, 6.45) is 5.60. The van der Waals surface area contributed by atoms with E-state index in [0.29, 0.717) is 17.1 Å². The molecular formula is C15H22N4OS. The van der Waals surface area contributed by atoms with Crippen molar-refractivity contribution >= 4 is 11.8 Å². The van der Waals surface area contributed by atoms with E-state index in [4.69, 9.17) is 0 Å². The second kappa shape index (κ2) is 7.10. The average Bonchev–Trinajstić information content (AvgIpc) is 2.82. The van der Waals surface area contributed by atoms with Crippen molar-refractivity contribution in [2.45, 2.75) is 56.3 Å². The zero-order valence-electron chi connectivity index (χ0n) is 12.6. The van der Waals surface area contributed by atoms with Crippen molar-refractivity contribution in [2.75, 3.05) is 5.75 Å². The van der Waals surface area contributed by atoms with E-state index in [1.54, 1.807) is 11.8 Å². The van der Waals surface area contributed by atoms with Gasteiger partial charge in [-0.25, -0.2) is 4.98 Å². The summed E-state index contributed by atoms with van der Waals surface area (Å²) in [5.74, 6) is 1.23. The van der Waals surface area contributed by atoms with E-state index >= 15 is 0 Å². The molecule has 0 bridgehead atoms. The van der Waals surface area contributed by atoms with Crippen LogP contribution in [-0.2, 0) is 0 Å². The van der Waals surface area contributed by atoms with Gasteiger partial charge >= 0.3 is 0 Å². The van der Waals surface area contributed by atoms with Gasteiger partial charge in [0, 0.05) is 24.1 Å². The monoisotopic (exact) mass is 306 g/mol. The van der Waals surface area contributed by atoms with Crippen LogP contribution in [0.5, 0.6) is 0 Å². The number of hydrogen-bond donors (Lipinski definition) is 2. The minimum absolute atomic E-state index is 0.124. The molecule has 1 saturated carbocycles. The van der Waals surface area contributed by atoms with Crippen LogP contribution in [0.1, 0.15) is 39.5 Å². The van der Waals surface area contributed by atoms with Gasteiger partial charge in [0.1, 0.15) is 5.54 Å². The summed E-state index contributed by atoms with van der Waals surface area (Å²) >= 11 is 1.55. The first-order valence-electron chi connectivity index (χ1n) is 7.43. The zero-order chi connectivity index (χ0) is 15.3. The Morgan fingerprint density at radius 1 is 1.67 bits per heavy atom. The van der Waals surface area contributed by atoms with Crippen molar-refractivity contribution < 1.29 is 0 Å². The maximum atomic E-state index is 11.2. The maximum absolute atomic E-state index is 11.2. The van der Waals surface area contributed by atoms with Gasteiger partial charge in [-0.05, 0) is 39.0 Å². The van der Waals surface area contributed by atoms with Gasteiger partial charge in [0.25, 0.3) is 5.56 Å². The van der Waals surface area contributed by atoms with Gasteiger partial charge in [-0.1, -0.05) is 18.2 Å². The Morgan fingerprint density at radius 2 is 2.48 bits per heavy atom. The van der Waals surface area contributed by atoms with E-state index in [1.165, 1.54) is 12.3 Å². The quantitative estimate of drug-likeness (QED) is 0.622. The van der Waals surface area contributed by atoms with Crippen LogP contribution in [0, 0.1) is 17.2 Å². The fourth-order valence-corrected chi connectivity index (χ4v) is 3.98. The highest BCUT2D eigenvalue weighted by molar-refractivity contribution is 7.99. The normalized spacial score (nSPS) is 25.1. The van der Waals surface area contributed by atoms with Crippen molar-refractivity contribution in [1.29, 1.82) is 5.26 Å². The summed E-state index contributed by atoms with van der Waals surface area (Å²) < 4.78 is 0. The molecule has 0 aliphatic heterocycles. The Labute approximate surface area is 129 Å². The molecule has 0 amide bonds. The molecule has 1 aromatic rings. The molecule has 5 nitrogen and oxygen atoms in total. The topological polar surface area (TPSA) is 81.6 Å². The summed E-state index contributed by atoms with van der Waals surface area (Å²) in [5.41, 5.74) is -0.507. The molecule has 0 aromatic carbocycles. The molecule has 2 N–H and O–H groups in total. The fourth-order valence-electron chi connectivity index (χ4n) is 3.08. The second-order valence-corrected chi connectivity index (χ2v) is 6.93. The summed E-state index contributed by atoms with van der Waals surface area (Å²) in [7, 11) is 0. The number of aromatic nitrogens is 2. The van der Waals surface area contributed by atoms with Gasteiger partial charge in [-0.3, -0.25) is 10.1 Å². The number of H-pyrrole nitrogens is 1. The van der Waals surface area contributed by atoms with E-state index < -0.39 is 0 Å². The summed E-state index contributed by atoms with van der Waals surface area (Å²) in [6.45, 7) is 4.17. The minimum Gasteiger partial charge on any atom is -0.301 e. The van der Waals surface area contributed by atoms with Gasteiger partial charge in [0.15, 0.2) is 5.16 Å². The van der Waals surface area contributed by atoms with Crippen molar-refractivity contribution in [3.05, 3.63) is 22.6 Å². The van der Waals surface area contributed by atoms with Gasteiger partial charge < -0.3 is 4.98 Å². The molecule has 1 aromatic heterocycles. The molecule has 1 fully saturated rings. The standard InChI is InChI=1S/C15H22N4OS/c1-11(2)19-15(10-16)7-3-4-12(15)6-9-21-14-17-8-5-13(20)18-14/h5,8,11-12,19H,3-4,6-7,9H2,1-2H3,(H,17,18,20). The summed E-state index contributed by atoms with van der Waals surface area (Å²) in [4.78, 5) is 18.1. The zero-order valence-corrected chi connectivity index (χ0v) is 13.4. The Hall–Kier alpha value is -1.32. The van der Waals surface area contributed by atoms with E-state index in [9.17, 15) is 10.1 Å². The van der Waals surface area contributed by atoms with Crippen LogP contribution in [0.4, 0.5) is 0 Å². The Bertz CT molecular complexity index is 565. The van der Waals surface area contributed by atoms with E-state index in [1.807, 2.05) is 0 Å². The SMILES string of the molecule is CC(C)NC1(C#N)CCCC1CCSc1nccc(=O)[nH]1. The summed E-state index contributed by atoms with van der Waals surface area (Å²) in [6, 6.07) is 4.24. The van der Waals surface area contributed by atoms with Gasteiger partial charge in [-0.15, -0.1) is 0 Å². The number of hydrogen-bond acceptors (Lipinski definition) is 5. The first-order chi connectivity index (χ1) is 10.1. The molecule has 0 spiro atoms. The molecule has 2 unspecified atom stereocenters. The van der Waals surface area contributed by atoms with Crippen LogP contribution < -0.4 is 10.9 Å². The van der Waals surface area contributed by atoms with Crippen molar-refractivity contribution in [3.8, 4) is 6.07 Å². The number of thioether (sulfide) groups is 1. The number of nitrogens with one attached hydrogen (secondary N) is 2. The molecule has 1 aliphatic carbocycles.